The molecule has 5 atom stereocenters. The van der Waals surface area contributed by atoms with Gasteiger partial charge in [-0.25, -0.2) is 0 Å². The van der Waals surface area contributed by atoms with Crippen LogP contribution in [0, 0.1) is 17.8 Å². The highest BCUT2D eigenvalue weighted by atomic mass is 16.5. The second-order valence-corrected chi connectivity index (χ2v) is 6.82. The minimum Gasteiger partial charge on any atom is -0.390 e. The van der Waals surface area contributed by atoms with Crippen LogP contribution in [-0.4, -0.2) is 23.9 Å². The Bertz CT molecular complexity index is 278. The molecule has 0 aromatic rings. The molecule has 0 heterocycles. The third-order valence-corrected chi connectivity index (χ3v) is 5.64. The number of fused-ring (bicyclic) bond motifs is 2. The van der Waals surface area contributed by atoms with Crippen LogP contribution in [0.3, 0.4) is 0 Å². The van der Waals surface area contributed by atoms with Crippen LogP contribution in [0.5, 0.6) is 0 Å². The van der Waals surface area contributed by atoms with E-state index in [1.807, 2.05) is 0 Å². The summed E-state index contributed by atoms with van der Waals surface area (Å²) in [5.74, 6) is 2.75. The maximum Gasteiger partial charge on any atom is 0.0675 e. The Hall–Kier alpha value is -0.0800. The van der Waals surface area contributed by atoms with Crippen molar-refractivity contribution in [2.45, 2.75) is 69.5 Å². The molecule has 3 aliphatic carbocycles. The van der Waals surface area contributed by atoms with Crippen molar-refractivity contribution in [3.8, 4) is 0 Å². The normalized spacial score (nSPS) is 49.8. The molecule has 2 heteroatoms. The summed E-state index contributed by atoms with van der Waals surface area (Å²) in [4.78, 5) is 0. The molecule has 5 unspecified atom stereocenters. The minimum absolute atomic E-state index is 0.298. The summed E-state index contributed by atoms with van der Waals surface area (Å²) in [7, 11) is 1.79. The first-order chi connectivity index (χ1) is 8.18. The second-order valence-electron chi connectivity index (χ2n) is 6.82. The molecule has 3 saturated carbocycles. The molecule has 0 aliphatic heterocycles. The molecule has 17 heavy (non-hydrogen) atoms. The van der Waals surface area contributed by atoms with E-state index in [1.54, 1.807) is 7.11 Å². The SMILES string of the molecule is COC1CCCC(O)(CC2CC3CCC2C3)C1. The van der Waals surface area contributed by atoms with Crippen molar-refractivity contribution < 1.29 is 9.84 Å². The van der Waals surface area contributed by atoms with Crippen molar-refractivity contribution >= 4 is 0 Å². The lowest BCUT2D eigenvalue weighted by atomic mass is 9.73. The fourth-order valence-corrected chi connectivity index (χ4v) is 4.79. The van der Waals surface area contributed by atoms with Gasteiger partial charge in [0.1, 0.15) is 0 Å². The van der Waals surface area contributed by atoms with Crippen LogP contribution in [-0.2, 0) is 4.74 Å². The smallest absolute Gasteiger partial charge is 0.0675 e. The van der Waals surface area contributed by atoms with Crippen LogP contribution in [0.1, 0.15) is 57.8 Å². The van der Waals surface area contributed by atoms with Gasteiger partial charge in [0.05, 0.1) is 11.7 Å². The highest BCUT2D eigenvalue weighted by molar-refractivity contribution is 4.96. The molecule has 3 fully saturated rings. The van der Waals surface area contributed by atoms with E-state index in [9.17, 15) is 5.11 Å². The van der Waals surface area contributed by atoms with E-state index in [4.69, 9.17) is 4.74 Å². The number of methoxy groups -OCH3 is 1. The Balaban J connectivity index is 1.59. The highest BCUT2D eigenvalue weighted by Gasteiger charge is 2.44. The van der Waals surface area contributed by atoms with Crippen LogP contribution < -0.4 is 0 Å². The molecule has 0 aromatic carbocycles. The lowest BCUT2D eigenvalue weighted by Crippen LogP contribution is -2.40. The van der Waals surface area contributed by atoms with Gasteiger partial charge in [-0.15, -0.1) is 0 Å². The lowest BCUT2D eigenvalue weighted by molar-refractivity contribution is -0.0751. The minimum atomic E-state index is -0.409. The van der Waals surface area contributed by atoms with Gasteiger partial charge in [0, 0.05) is 13.5 Å². The van der Waals surface area contributed by atoms with Crippen LogP contribution in [0.15, 0.2) is 0 Å². The fourth-order valence-electron chi connectivity index (χ4n) is 4.79. The average molecular weight is 238 g/mol. The molecule has 0 saturated heterocycles. The molecular formula is C15H26O2. The van der Waals surface area contributed by atoms with Gasteiger partial charge < -0.3 is 9.84 Å². The summed E-state index contributed by atoms with van der Waals surface area (Å²) in [6, 6.07) is 0. The Morgan fingerprint density at radius 1 is 1.24 bits per heavy atom. The standard InChI is InChI=1S/C15H26O2/c1-17-14-3-2-6-15(16,10-14)9-13-8-11-4-5-12(13)7-11/h11-14,16H,2-10H2,1H3. The van der Waals surface area contributed by atoms with Gasteiger partial charge in [0.15, 0.2) is 0 Å². The van der Waals surface area contributed by atoms with Crippen molar-refractivity contribution in [3.63, 3.8) is 0 Å². The van der Waals surface area contributed by atoms with Crippen molar-refractivity contribution in [2.24, 2.45) is 17.8 Å². The van der Waals surface area contributed by atoms with E-state index in [0.29, 0.717) is 6.10 Å². The predicted molar refractivity (Wildman–Crippen MR) is 67.8 cm³/mol. The molecule has 2 bridgehead atoms. The quantitative estimate of drug-likeness (QED) is 0.818. The first-order valence-corrected chi connectivity index (χ1v) is 7.44. The topological polar surface area (TPSA) is 29.5 Å². The third-order valence-electron chi connectivity index (χ3n) is 5.64. The van der Waals surface area contributed by atoms with E-state index in [2.05, 4.69) is 0 Å². The average Bonchev–Trinajstić information content (AvgIpc) is 2.90. The molecule has 0 aromatic heterocycles. The summed E-state index contributed by atoms with van der Waals surface area (Å²) in [6.07, 6.45) is 11.2. The second kappa shape index (κ2) is 4.55. The zero-order valence-electron chi connectivity index (χ0n) is 11.0. The molecule has 0 spiro atoms. The van der Waals surface area contributed by atoms with Crippen molar-refractivity contribution in [2.75, 3.05) is 7.11 Å². The summed E-state index contributed by atoms with van der Waals surface area (Å²) in [5.41, 5.74) is -0.409. The number of rotatable bonds is 3. The third kappa shape index (κ3) is 2.39. The number of hydrogen-bond acceptors (Lipinski definition) is 2. The zero-order valence-corrected chi connectivity index (χ0v) is 11.0. The Labute approximate surface area is 105 Å². The summed E-state index contributed by atoms with van der Waals surface area (Å²) >= 11 is 0. The zero-order chi connectivity index (χ0) is 11.9. The van der Waals surface area contributed by atoms with Crippen LogP contribution in [0.2, 0.25) is 0 Å². The molecule has 3 rings (SSSR count). The van der Waals surface area contributed by atoms with E-state index in [-0.39, 0.29) is 0 Å². The van der Waals surface area contributed by atoms with Crippen molar-refractivity contribution in [3.05, 3.63) is 0 Å². The summed E-state index contributed by atoms with van der Waals surface area (Å²) in [6.45, 7) is 0. The maximum absolute atomic E-state index is 10.8. The van der Waals surface area contributed by atoms with Gasteiger partial charge in [-0.05, 0) is 62.7 Å². The van der Waals surface area contributed by atoms with Gasteiger partial charge in [0.2, 0.25) is 0 Å². The molecule has 1 N–H and O–H groups in total. The van der Waals surface area contributed by atoms with E-state index >= 15 is 0 Å². The van der Waals surface area contributed by atoms with Gasteiger partial charge in [-0.3, -0.25) is 0 Å². The molecular weight excluding hydrogens is 212 g/mol. The predicted octanol–water partition coefficient (Wildman–Crippen LogP) is 3.13. The van der Waals surface area contributed by atoms with Crippen LogP contribution in [0.25, 0.3) is 0 Å². The molecule has 98 valence electrons. The van der Waals surface area contributed by atoms with Gasteiger partial charge >= 0.3 is 0 Å². The molecule has 2 nitrogen and oxygen atoms in total. The molecule has 0 radical (unpaired) electrons. The summed E-state index contributed by atoms with van der Waals surface area (Å²) in [5, 5.41) is 10.8. The van der Waals surface area contributed by atoms with E-state index in [0.717, 1.165) is 49.9 Å². The van der Waals surface area contributed by atoms with Gasteiger partial charge in [-0.2, -0.15) is 0 Å². The first-order valence-electron chi connectivity index (χ1n) is 7.44. The Morgan fingerprint density at radius 2 is 2.12 bits per heavy atom. The maximum atomic E-state index is 10.8. The Morgan fingerprint density at radius 3 is 2.76 bits per heavy atom. The highest BCUT2D eigenvalue weighted by Crippen LogP contribution is 2.52. The van der Waals surface area contributed by atoms with E-state index < -0.39 is 5.60 Å². The number of hydrogen-bond donors (Lipinski definition) is 1. The monoisotopic (exact) mass is 238 g/mol. The largest absolute Gasteiger partial charge is 0.390 e. The summed E-state index contributed by atoms with van der Waals surface area (Å²) < 4.78 is 5.45. The fraction of sp³-hybridized carbons (Fsp3) is 1.00. The lowest BCUT2D eigenvalue weighted by Gasteiger charge is -2.39. The first kappa shape index (κ1) is 12.0. The molecule has 0 amide bonds. The van der Waals surface area contributed by atoms with Crippen LogP contribution >= 0.6 is 0 Å². The Kier molecular flexibility index (Phi) is 3.20. The molecule has 3 aliphatic rings. The van der Waals surface area contributed by atoms with Gasteiger partial charge in [-0.1, -0.05) is 6.42 Å². The number of ether oxygens (including phenoxy) is 1. The number of aliphatic hydroxyl groups is 1. The van der Waals surface area contributed by atoms with Crippen LogP contribution in [0.4, 0.5) is 0 Å². The van der Waals surface area contributed by atoms with E-state index in [1.165, 1.54) is 25.7 Å². The van der Waals surface area contributed by atoms with Crippen molar-refractivity contribution in [1.82, 2.24) is 0 Å². The van der Waals surface area contributed by atoms with Gasteiger partial charge in [0.25, 0.3) is 0 Å². The van der Waals surface area contributed by atoms with Crippen molar-refractivity contribution in [1.29, 1.82) is 0 Å².